The zero-order chi connectivity index (χ0) is 15.8. The molecule has 114 valence electrons. The topological polar surface area (TPSA) is 64.7 Å². The smallest absolute Gasteiger partial charge is 0.269 e. The number of aromatic nitrogens is 1. The first-order valence-electron chi connectivity index (χ1n) is 7.57. The van der Waals surface area contributed by atoms with Crippen LogP contribution in [0.4, 0.5) is 5.69 Å². The molecule has 0 saturated carbocycles. The maximum atomic E-state index is 11.1. The minimum absolute atomic E-state index is 0.0392. The predicted molar refractivity (Wildman–Crippen MR) is 86.3 cm³/mol. The number of nitro benzene ring substituents is 1. The Balaban J connectivity index is 1.84. The number of nitrogens with zero attached hydrogens (tertiary/aromatic N) is 2. The van der Waals surface area contributed by atoms with Crippen LogP contribution in [0.1, 0.15) is 22.9 Å². The third-order valence-corrected chi connectivity index (χ3v) is 4.36. The summed E-state index contributed by atoms with van der Waals surface area (Å²) in [5.41, 5.74) is 4.66. The molecular formula is C18H16N3O2+. The van der Waals surface area contributed by atoms with E-state index < -0.39 is 0 Å². The molecule has 5 heteroatoms. The Hall–Kier alpha value is -2.92. The average molecular weight is 306 g/mol. The van der Waals surface area contributed by atoms with Crippen molar-refractivity contribution in [3.63, 3.8) is 0 Å². The number of hydrogen-bond donors (Lipinski definition) is 1. The second kappa shape index (κ2) is 5.37. The largest absolute Gasteiger partial charge is 0.331 e. The van der Waals surface area contributed by atoms with E-state index in [4.69, 9.17) is 0 Å². The zero-order valence-corrected chi connectivity index (χ0v) is 12.4. The number of rotatable bonds is 2. The second-order valence-corrected chi connectivity index (χ2v) is 5.70. The molecule has 0 saturated heterocycles. The van der Waals surface area contributed by atoms with Crippen molar-refractivity contribution in [1.82, 2.24) is 4.57 Å². The molecule has 0 bridgehead atoms. The molecule has 0 unspecified atom stereocenters. The number of nitro groups is 1. The number of hydrogen-bond acceptors (Lipinski definition) is 2. The van der Waals surface area contributed by atoms with E-state index >= 15 is 0 Å². The van der Waals surface area contributed by atoms with Crippen molar-refractivity contribution in [2.45, 2.75) is 12.6 Å². The molecule has 1 aromatic heterocycles. The highest BCUT2D eigenvalue weighted by Gasteiger charge is 2.26. The summed E-state index contributed by atoms with van der Waals surface area (Å²) in [5.74, 6) is 0. The van der Waals surface area contributed by atoms with Crippen LogP contribution < -0.4 is 5.32 Å². The fourth-order valence-electron chi connectivity index (χ4n) is 3.29. The van der Waals surface area contributed by atoms with Crippen LogP contribution in [0.15, 0.2) is 66.9 Å². The molecule has 2 N–H and O–H groups in total. The normalized spacial score (nSPS) is 16.3. The Bertz CT molecular complexity index is 885. The third kappa shape index (κ3) is 2.31. The first-order valence-corrected chi connectivity index (χ1v) is 7.57. The highest BCUT2D eigenvalue weighted by molar-refractivity contribution is 5.46. The molecule has 2 aromatic carbocycles. The predicted octanol–water partition coefficient (Wildman–Crippen LogP) is 2.55. The summed E-state index contributed by atoms with van der Waals surface area (Å²) in [5, 5.41) is 13.3. The van der Waals surface area contributed by atoms with Gasteiger partial charge in [-0.3, -0.25) is 10.1 Å². The standard InChI is InChI=1S/C18H15N3O2/c22-21(23)15-7-3-6-13(11-15)18-17-9-4-10-20(17)16-8-2-1-5-14(16)12-19-18/h1-11,18-19H,12H2/p+1/t18-/m1/s1. The highest BCUT2D eigenvalue weighted by Crippen LogP contribution is 2.28. The van der Waals surface area contributed by atoms with Crippen molar-refractivity contribution in [1.29, 1.82) is 0 Å². The van der Waals surface area contributed by atoms with Gasteiger partial charge in [-0.05, 0) is 18.2 Å². The number of nitrogens with two attached hydrogens (primary N) is 1. The maximum absolute atomic E-state index is 11.1. The number of quaternary nitrogens is 1. The van der Waals surface area contributed by atoms with Gasteiger partial charge in [0.15, 0.2) is 6.04 Å². The second-order valence-electron chi connectivity index (χ2n) is 5.70. The Morgan fingerprint density at radius 2 is 1.96 bits per heavy atom. The van der Waals surface area contributed by atoms with E-state index in [0.29, 0.717) is 0 Å². The van der Waals surface area contributed by atoms with Crippen LogP contribution in [0, 0.1) is 10.1 Å². The van der Waals surface area contributed by atoms with Gasteiger partial charge in [-0.25, -0.2) is 0 Å². The molecule has 23 heavy (non-hydrogen) atoms. The Morgan fingerprint density at radius 3 is 2.83 bits per heavy atom. The minimum Gasteiger partial charge on any atom is -0.331 e. The molecule has 1 aliphatic rings. The number of non-ortho nitro benzene ring substituents is 1. The Kier molecular flexibility index (Phi) is 3.20. The lowest BCUT2D eigenvalue weighted by atomic mass is 10.0. The quantitative estimate of drug-likeness (QED) is 0.584. The lowest BCUT2D eigenvalue weighted by Crippen LogP contribution is -2.83. The van der Waals surface area contributed by atoms with Crippen molar-refractivity contribution in [2.75, 3.05) is 0 Å². The molecular weight excluding hydrogens is 290 g/mol. The van der Waals surface area contributed by atoms with E-state index in [1.165, 1.54) is 17.3 Å². The van der Waals surface area contributed by atoms with Crippen LogP contribution in [0.2, 0.25) is 0 Å². The van der Waals surface area contributed by atoms with E-state index in [1.807, 2.05) is 24.3 Å². The van der Waals surface area contributed by atoms with Crippen LogP contribution in [0.25, 0.3) is 5.69 Å². The van der Waals surface area contributed by atoms with Crippen molar-refractivity contribution in [3.05, 3.63) is 93.8 Å². The number of benzene rings is 2. The van der Waals surface area contributed by atoms with Gasteiger partial charge < -0.3 is 9.88 Å². The molecule has 0 spiro atoms. The summed E-state index contributed by atoms with van der Waals surface area (Å²) < 4.78 is 2.18. The monoisotopic (exact) mass is 306 g/mol. The fourth-order valence-corrected chi connectivity index (χ4v) is 3.29. The summed E-state index contributed by atoms with van der Waals surface area (Å²) >= 11 is 0. The van der Waals surface area contributed by atoms with Gasteiger partial charge >= 0.3 is 0 Å². The van der Waals surface area contributed by atoms with Gasteiger partial charge in [0.2, 0.25) is 0 Å². The Morgan fingerprint density at radius 1 is 1.09 bits per heavy atom. The minimum atomic E-state index is -0.339. The van der Waals surface area contributed by atoms with Crippen molar-refractivity contribution in [2.24, 2.45) is 0 Å². The average Bonchev–Trinajstić information content (AvgIpc) is 2.99. The molecule has 5 nitrogen and oxygen atoms in total. The van der Waals surface area contributed by atoms with Gasteiger partial charge in [0.25, 0.3) is 5.69 Å². The SMILES string of the molecule is O=[N+]([O-])c1cccc([C@H]2[NH2+]Cc3ccccc3-n3cccc32)c1. The summed E-state index contributed by atoms with van der Waals surface area (Å²) in [6.45, 7) is 0.839. The van der Waals surface area contributed by atoms with Crippen LogP contribution in [0.3, 0.4) is 0 Å². The zero-order valence-electron chi connectivity index (χ0n) is 12.4. The van der Waals surface area contributed by atoms with Crippen molar-refractivity contribution >= 4 is 5.69 Å². The molecule has 1 aliphatic heterocycles. The van der Waals surface area contributed by atoms with E-state index in [2.05, 4.69) is 34.3 Å². The van der Waals surface area contributed by atoms with Crippen molar-refractivity contribution in [3.8, 4) is 5.69 Å². The van der Waals surface area contributed by atoms with Gasteiger partial charge in [0, 0.05) is 29.5 Å². The summed E-state index contributed by atoms with van der Waals surface area (Å²) in [7, 11) is 0. The molecule has 3 aromatic rings. The van der Waals surface area contributed by atoms with Gasteiger partial charge in [-0.2, -0.15) is 0 Å². The molecule has 0 fully saturated rings. The van der Waals surface area contributed by atoms with Crippen LogP contribution in [-0.2, 0) is 6.54 Å². The molecule has 0 radical (unpaired) electrons. The van der Waals surface area contributed by atoms with Gasteiger partial charge in [0.05, 0.1) is 16.3 Å². The lowest BCUT2D eigenvalue weighted by Gasteiger charge is -2.14. The molecule has 1 atom stereocenters. The highest BCUT2D eigenvalue weighted by atomic mass is 16.6. The van der Waals surface area contributed by atoms with Gasteiger partial charge in [-0.15, -0.1) is 0 Å². The number of para-hydroxylation sites is 1. The fraction of sp³-hybridized carbons (Fsp3) is 0.111. The Labute approximate surface area is 133 Å². The third-order valence-electron chi connectivity index (χ3n) is 4.36. The molecule has 0 amide bonds. The van der Waals surface area contributed by atoms with Crippen LogP contribution in [0.5, 0.6) is 0 Å². The first kappa shape index (κ1) is 13.7. The van der Waals surface area contributed by atoms with Crippen LogP contribution in [-0.4, -0.2) is 9.49 Å². The summed E-state index contributed by atoms with van der Waals surface area (Å²) in [6, 6.07) is 19.4. The first-order chi connectivity index (χ1) is 11.2. The molecule has 0 aliphatic carbocycles. The van der Waals surface area contributed by atoms with E-state index in [1.54, 1.807) is 12.1 Å². The van der Waals surface area contributed by atoms with Gasteiger partial charge in [0.1, 0.15) is 6.54 Å². The van der Waals surface area contributed by atoms with E-state index in [0.717, 1.165) is 17.8 Å². The van der Waals surface area contributed by atoms with E-state index in [9.17, 15) is 10.1 Å². The maximum Gasteiger partial charge on any atom is 0.269 e. The lowest BCUT2D eigenvalue weighted by molar-refractivity contribution is -0.702. The summed E-state index contributed by atoms with van der Waals surface area (Å²) in [4.78, 5) is 10.7. The summed E-state index contributed by atoms with van der Waals surface area (Å²) in [6.07, 6.45) is 2.05. The molecule has 2 heterocycles. The van der Waals surface area contributed by atoms with Crippen molar-refractivity contribution < 1.29 is 10.2 Å². The van der Waals surface area contributed by atoms with Crippen LogP contribution >= 0.6 is 0 Å². The molecule has 4 rings (SSSR count). The van der Waals surface area contributed by atoms with Gasteiger partial charge in [-0.1, -0.05) is 30.3 Å². The number of fused-ring (bicyclic) bond motifs is 3. The van der Waals surface area contributed by atoms with E-state index in [-0.39, 0.29) is 16.7 Å².